The van der Waals surface area contributed by atoms with Gasteiger partial charge in [0.25, 0.3) is 0 Å². The molecule has 1 heterocycles. The van der Waals surface area contributed by atoms with Crippen molar-refractivity contribution in [2.24, 2.45) is 0 Å². The lowest BCUT2D eigenvalue weighted by atomic mass is 10.3. The summed E-state index contributed by atoms with van der Waals surface area (Å²) < 4.78 is 5.60. The van der Waals surface area contributed by atoms with E-state index in [1.54, 1.807) is 32.0 Å². The summed E-state index contributed by atoms with van der Waals surface area (Å²) in [6.45, 7) is 3.60. The second-order valence-electron chi connectivity index (χ2n) is 2.80. The molecular formula is C9H10BrNO2. The molecule has 3 nitrogen and oxygen atoms in total. The number of aromatic nitrogens is 1. The normalized spacial score (nSPS) is 10.2. The molecule has 1 rings (SSSR count). The molecule has 0 fully saturated rings. The molecule has 0 saturated carbocycles. The molecule has 0 aliphatic carbocycles. The van der Waals surface area contributed by atoms with E-state index in [0.29, 0.717) is 10.3 Å². The van der Waals surface area contributed by atoms with Crippen molar-refractivity contribution < 1.29 is 9.53 Å². The largest absolute Gasteiger partial charge is 0.458 e. The Morgan fingerprint density at radius 3 is 2.77 bits per heavy atom. The van der Waals surface area contributed by atoms with Gasteiger partial charge in [-0.3, -0.25) is 0 Å². The molecule has 0 N–H and O–H groups in total. The predicted molar refractivity (Wildman–Crippen MR) is 52.5 cm³/mol. The highest BCUT2D eigenvalue weighted by molar-refractivity contribution is 9.10. The summed E-state index contributed by atoms with van der Waals surface area (Å²) >= 11 is 3.18. The topological polar surface area (TPSA) is 39.2 Å². The second kappa shape index (κ2) is 4.37. The van der Waals surface area contributed by atoms with Crippen molar-refractivity contribution in [2.75, 3.05) is 0 Å². The third kappa shape index (κ3) is 3.14. The zero-order valence-corrected chi connectivity index (χ0v) is 9.04. The van der Waals surface area contributed by atoms with Crippen LogP contribution in [0.1, 0.15) is 24.3 Å². The van der Waals surface area contributed by atoms with Crippen molar-refractivity contribution in [3.8, 4) is 0 Å². The maximum Gasteiger partial charge on any atom is 0.357 e. The fourth-order valence-electron chi connectivity index (χ4n) is 0.796. The summed E-state index contributed by atoms with van der Waals surface area (Å²) in [6, 6.07) is 5.12. The van der Waals surface area contributed by atoms with Crippen LogP contribution in [0.25, 0.3) is 0 Å². The number of carbonyl (C=O) groups is 1. The standard InChI is InChI=1S/C9H10BrNO2/c1-6(2)13-9(12)7-4-3-5-8(10)11-7/h3-6H,1-2H3. The first-order valence-corrected chi connectivity index (χ1v) is 4.72. The molecule has 0 saturated heterocycles. The van der Waals surface area contributed by atoms with Gasteiger partial charge in [0.1, 0.15) is 10.3 Å². The summed E-state index contributed by atoms with van der Waals surface area (Å²) in [7, 11) is 0. The summed E-state index contributed by atoms with van der Waals surface area (Å²) in [6.07, 6.45) is -0.117. The number of rotatable bonds is 2. The van der Waals surface area contributed by atoms with Crippen molar-refractivity contribution >= 4 is 21.9 Å². The van der Waals surface area contributed by atoms with Gasteiger partial charge in [-0.25, -0.2) is 9.78 Å². The highest BCUT2D eigenvalue weighted by Gasteiger charge is 2.10. The quantitative estimate of drug-likeness (QED) is 0.592. The van der Waals surface area contributed by atoms with E-state index in [-0.39, 0.29) is 6.10 Å². The molecule has 0 bridgehead atoms. The third-order valence-electron chi connectivity index (χ3n) is 1.27. The predicted octanol–water partition coefficient (Wildman–Crippen LogP) is 2.41. The molecule has 0 amide bonds. The number of halogens is 1. The lowest BCUT2D eigenvalue weighted by Gasteiger charge is -2.06. The zero-order valence-electron chi connectivity index (χ0n) is 7.45. The third-order valence-corrected chi connectivity index (χ3v) is 1.71. The van der Waals surface area contributed by atoms with E-state index in [9.17, 15) is 4.79 Å². The van der Waals surface area contributed by atoms with Crippen LogP contribution >= 0.6 is 15.9 Å². The number of ether oxygens (including phenoxy) is 1. The molecule has 0 aromatic carbocycles. The number of esters is 1. The van der Waals surface area contributed by atoms with Crippen LogP contribution in [0, 0.1) is 0 Å². The number of pyridine rings is 1. The molecule has 0 spiro atoms. The van der Waals surface area contributed by atoms with Crippen molar-refractivity contribution in [1.82, 2.24) is 4.98 Å². The van der Waals surface area contributed by atoms with Crippen LogP contribution in [0.2, 0.25) is 0 Å². The van der Waals surface area contributed by atoms with Gasteiger partial charge in [0.05, 0.1) is 6.10 Å². The monoisotopic (exact) mass is 243 g/mol. The molecule has 4 heteroatoms. The lowest BCUT2D eigenvalue weighted by Crippen LogP contribution is -2.12. The van der Waals surface area contributed by atoms with Gasteiger partial charge < -0.3 is 4.74 Å². The van der Waals surface area contributed by atoms with Gasteiger partial charge in [0.2, 0.25) is 0 Å². The van der Waals surface area contributed by atoms with Crippen LogP contribution in [-0.2, 0) is 4.74 Å². The number of hydrogen-bond acceptors (Lipinski definition) is 3. The SMILES string of the molecule is CC(C)OC(=O)c1cccc(Br)n1. The van der Waals surface area contributed by atoms with E-state index in [4.69, 9.17) is 4.74 Å². The van der Waals surface area contributed by atoms with Crippen LogP contribution in [0.15, 0.2) is 22.8 Å². The van der Waals surface area contributed by atoms with Crippen LogP contribution in [0.4, 0.5) is 0 Å². The molecule has 70 valence electrons. The smallest absolute Gasteiger partial charge is 0.357 e. The van der Waals surface area contributed by atoms with Crippen LogP contribution in [0.5, 0.6) is 0 Å². The Morgan fingerprint density at radius 1 is 1.54 bits per heavy atom. The molecule has 0 atom stereocenters. The Hall–Kier alpha value is -0.900. The molecule has 1 aromatic heterocycles. The van der Waals surface area contributed by atoms with Crippen LogP contribution in [-0.4, -0.2) is 17.1 Å². The van der Waals surface area contributed by atoms with Gasteiger partial charge in [-0.05, 0) is 41.9 Å². The van der Waals surface area contributed by atoms with Gasteiger partial charge >= 0.3 is 5.97 Å². The molecule has 0 unspecified atom stereocenters. The van der Waals surface area contributed by atoms with E-state index in [1.807, 2.05) is 0 Å². The lowest BCUT2D eigenvalue weighted by molar-refractivity contribution is 0.0370. The first kappa shape index (κ1) is 10.2. The van der Waals surface area contributed by atoms with E-state index >= 15 is 0 Å². The fourth-order valence-corrected chi connectivity index (χ4v) is 1.14. The van der Waals surface area contributed by atoms with Crippen molar-refractivity contribution in [1.29, 1.82) is 0 Å². The summed E-state index contributed by atoms with van der Waals surface area (Å²) in [5.74, 6) is -0.392. The molecule has 0 aliphatic heterocycles. The van der Waals surface area contributed by atoms with Gasteiger partial charge in [0.15, 0.2) is 0 Å². The van der Waals surface area contributed by atoms with Crippen molar-refractivity contribution in [3.63, 3.8) is 0 Å². The Balaban J connectivity index is 2.77. The highest BCUT2D eigenvalue weighted by Crippen LogP contribution is 2.07. The minimum Gasteiger partial charge on any atom is -0.458 e. The summed E-state index contributed by atoms with van der Waals surface area (Å²) in [4.78, 5) is 15.3. The maximum absolute atomic E-state index is 11.3. The second-order valence-corrected chi connectivity index (χ2v) is 3.61. The Kier molecular flexibility index (Phi) is 3.42. The van der Waals surface area contributed by atoms with Gasteiger partial charge in [-0.2, -0.15) is 0 Å². The minimum atomic E-state index is -0.392. The summed E-state index contributed by atoms with van der Waals surface area (Å²) in [5.41, 5.74) is 0.322. The van der Waals surface area contributed by atoms with Gasteiger partial charge in [-0.1, -0.05) is 6.07 Å². The Morgan fingerprint density at radius 2 is 2.23 bits per heavy atom. The van der Waals surface area contributed by atoms with Gasteiger partial charge in [0, 0.05) is 0 Å². The molecule has 0 aliphatic rings. The molecular weight excluding hydrogens is 234 g/mol. The zero-order chi connectivity index (χ0) is 9.84. The van der Waals surface area contributed by atoms with E-state index in [0.717, 1.165) is 0 Å². The van der Waals surface area contributed by atoms with Crippen LogP contribution in [0.3, 0.4) is 0 Å². The minimum absolute atomic E-state index is 0.117. The number of nitrogens with zero attached hydrogens (tertiary/aromatic N) is 1. The number of carbonyl (C=O) groups excluding carboxylic acids is 1. The fraction of sp³-hybridized carbons (Fsp3) is 0.333. The summed E-state index contributed by atoms with van der Waals surface area (Å²) in [5, 5.41) is 0. The van der Waals surface area contributed by atoms with Crippen molar-refractivity contribution in [3.05, 3.63) is 28.5 Å². The molecule has 13 heavy (non-hydrogen) atoms. The highest BCUT2D eigenvalue weighted by atomic mass is 79.9. The van der Waals surface area contributed by atoms with Crippen LogP contribution < -0.4 is 0 Å². The molecule has 0 radical (unpaired) electrons. The molecule has 1 aromatic rings. The van der Waals surface area contributed by atoms with Gasteiger partial charge in [-0.15, -0.1) is 0 Å². The average molecular weight is 244 g/mol. The van der Waals surface area contributed by atoms with E-state index < -0.39 is 5.97 Å². The van der Waals surface area contributed by atoms with E-state index in [1.165, 1.54) is 0 Å². The first-order valence-electron chi connectivity index (χ1n) is 3.93. The Bertz CT molecular complexity index is 312. The van der Waals surface area contributed by atoms with E-state index in [2.05, 4.69) is 20.9 Å². The van der Waals surface area contributed by atoms with Crippen molar-refractivity contribution in [2.45, 2.75) is 20.0 Å². The number of hydrogen-bond donors (Lipinski definition) is 0. The first-order chi connectivity index (χ1) is 6.09. The maximum atomic E-state index is 11.3. The Labute approximate surface area is 85.3 Å². The average Bonchev–Trinajstić information content (AvgIpc) is 2.03.